The second-order valence-electron chi connectivity index (χ2n) is 9.55. The largest absolute Gasteiger partial charge is 0.497 e. The molecule has 39 heavy (non-hydrogen) atoms. The van der Waals surface area contributed by atoms with Crippen molar-refractivity contribution < 1.29 is 19.1 Å². The molecule has 12 heteroatoms. The van der Waals surface area contributed by atoms with Crippen LogP contribution in [0.4, 0.5) is 5.69 Å². The second kappa shape index (κ2) is 12.0. The van der Waals surface area contributed by atoms with E-state index in [4.69, 9.17) is 9.73 Å². The number of carbonyl (C=O) groups is 3. The highest BCUT2D eigenvalue weighted by Gasteiger charge is 2.41. The van der Waals surface area contributed by atoms with E-state index in [1.165, 1.54) is 16.7 Å². The van der Waals surface area contributed by atoms with Gasteiger partial charge >= 0.3 is 0 Å². The van der Waals surface area contributed by atoms with E-state index in [-0.39, 0.29) is 48.5 Å². The van der Waals surface area contributed by atoms with Crippen molar-refractivity contribution in [2.75, 3.05) is 12.9 Å². The lowest BCUT2D eigenvalue weighted by Crippen LogP contribution is -2.45. The number of amidine groups is 2. The maximum absolute atomic E-state index is 13.4. The molecule has 2 aromatic carbocycles. The third-order valence-electron chi connectivity index (χ3n) is 6.60. The van der Waals surface area contributed by atoms with Crippen LogP contribution < -0.4 is 26.2 Å². The quantitative estimate of drug-likeness (QED) is 0.375. The summed E-state index contributed by atoms with van der Waals surface area (Å²) < 4.78 is 5.16. The zero-order chi connectivity index (χ0) is 27.4. The molecule has 0 aliphatic carbocycles. The molecule has 0 aromatic heterocycles. The van der Waals surface area contributed by atoms with E-state index in [1.807, 2.05) is 55.5 Å². The molecule has 0 saturated carbocycles. The number of fused-ring (bicyclic) bond motifs is 3. The number of benzene rings is 2. The van der Waals surface area contributed by atoms with Crippen LogP contribution in [0.25, 0.3) is 0 Å². The molecule has 0 spiro atoms. The van der Waals surface area contributed by atoms with Crippen molar-refractivity contribution in [3.63, 3.8) is 0 Å². The topological polar surface area (TPSA) is 137 Å². The first-order valence-electron chi connectivity index (χ1n) is 12.8. The Bertz CT molecular complexity index is 1310. The summed E-state index contributed by atoms with van der Waals surface area (Å²) in [5.74, 6) is 0.792. The summed E-state index contributed by atoms with van der Waals surface area (Å²) in [5, 5.41) is 6.24. The fraction of sp³-hybridized carbons (Fsp3) is 0.370. The zero-order valence-corrected chi connectivity index (χ0v) is 22.6. The van der Waals surface area contributed by atoms with Crippen LogP contribution in [0.15, 0.2) is 58.5 Å². The number of para-hydroxylation sites is 1. The predicted octanol–water partition coefficient (Wildman–Crippen LogP) is 1.81. The van der Waals surface area contributed by atoms with Gasteiger partial charge in [0.2, 0.25) is 11.8 Å². The fourth-order valence-electron chi connectivity index (χ4n) is 4.56. The van der Waals surface area contributed by atoms with Crippen LogP contribution in [0.5, 0.6) is 5.75 Å². The van der Waals surface area contributed by atoms with Gasteiger partial charge in [-0.1, -0.05) is 36.0 Å². The van der Waals surface area contributed by atoms with Crippen molar-refractivity contribution in [1.29, 1.82) is 0 Å². The average molecular weight is 550 g/mol. The van der Waals surface area contributed by atoms with Gasteiger partial charge in [0.15, 0.2) is 5.17 Å². The van der Waals surface area contributed by atoms with Gasteiger partial charge in [0, 0.05) is 24.6 Å². The lowest BCUT2D eigenvalue weighted by Gasteiger charge is -2.25. The number of nitrogens with zero attached hydrogens (tertiary/aromatic N) is 3. The van der Waals surface area contributed by atoms with Gasteiger partial charge in [-0.2, -0.15) is 0 Å². The molecular formula is C27H31N7O4S. The Hall–Kier alpha value is -3.74. The average Bonchev–Trinajstić information content (AvgIpc) is 3.51. The molecular weight excluding hydrogens is 518 g/mol. The van der Waals surface area contributed by atoms with Crippen LogP contribution in [0.3, 0.4) is 0 Å². The van der Waals surface area contributed by atoms with E-state index in [2.05, 4.69) is 26.5 Å². The highest BCUT2D eigenvalue weighted by atomic mass is 32.2. The summed E-state index contributed by atoms with van der Waals surface area (Å²) in [6.07, 6.45) is 1.06. The Labute approximate surface area is 230 Å². The Morgan fingerprint density at radius 1 is 1.13 bits per heavy atom. The number of nitrogens with one attached hydrogen (secondary N) is 4. The van der Waals surface area contributed by atoms with Crippen molar-refractivity contribution in [2.45, 2.75) is 51.0 Å². The first-order chi connectivity index (χ1) is 18.9. The van der Waals surface area contributed by atoms with Crippen molar-refractivity contribution in [3.05, 3.63) is 59.7 Å². The third-order valence-corrected chi connectivity index (χ3v) is 7.54. The van der Waals surface area contributed by atoms with Crippen molar-refractivity contribution in [3.8, 4) is 5.75 Å². The van der Waals surface area contributed by atoms with E-state index in [1.54, 1.807) is 7.11 Å². The third kappa shape index (κ3) is 6.29. The molecule has 3 heterocycles. The predicted molar refractivity (Wildman–Crippen MR) is 150 cm³/mol. The van der Waals surface area contributed by atoms with Crippen molar-refractivity contribution in [1.82, 2.24) is 26.4 Å². The van der Waals surface area contributed by atoms with Crippen LogP contribution >= 0.6 is 11.8 Å². The minimum absolute atomic E-state index is 0.100. The van der Waals surface area contributed by atoms with Gasteiger partial charge in [0.1, 0.15) is 17.6 Å². The van der Waals surface area contributed by atoms with Gasteiger partial charge in [-0.25, -0.2) is 15.3 Å². The number of thioether (sulfide) groups is 1. The summed E-state index contributed by atoms with van der Waals surface area (Å²) in [7, 11) is 1.60. The highest BCUT2D eigenvalue weighted by molar-refractivity contribution is 8.14. The molecule has 0 radical (unpaired) electrons. The Morgan fingerprint density at radius 3 is 2.67 bits per heavy atom. The summed E-state index contributed by atoms with van der Waals surface area (Å²) >= 11 is 1.19. The number of hydrazine groups is 1. The lowest BCUT2D eigenvalue weighted by molar-refractivity contribution is -0.125. The Morgan fingerprint density at radius 2 is 1.92 bits per heavy atom. The number of methoxy groups -OCH3 is 1. The van der Waals surface area contributed by atoms with Crippen LogP contribution in [-0.4, -0.2) is 64.7 Å². The zero-order valence-electron chi connectivity index (χ0n) is 21.8. The first kappa shape index (κ1) is 26.9. The van der Waals surface area contributed by atoms with Crippen LogP contribution in [-0.2, 0) is 20.9 Å². The van der Waals surface area contributed by atoms with Crippen LogP contribution in [0, 0.1) is 0 Å². The molecule has 3 aliphatic rings. The molecule has 1 saturated heterocycles. The Balaban J connectivity index is 1.20. The molecule has 5 rings (SSSR count). The minimum Gasteiger partial charge on any atom is -0.497 e. The highest BCUT2D eigenvalue weighted by Crippen LogP contribution is 2.34. The van der Waals surface area contributed by atoms with Gasteiger partial charge in [-0.15, -0.1) is 0 Å². The maximum atomic E-state index is 13.4. The number of amides is 3. The molecule has 0 bridgehead atoms. The first-order valence-corrected chi connectivity index (χ1v) is 13.8. The number of ether oxygens (including phenoxy) is 1. The number of aliphatic imine (C=N–C) groups is 2. The van der Waals surface area contributed by atoms with Gasteiger partial charge in [0.05, 0.1) is 24.7 Å². The maximum Gasteiger partial charge on any atom is 0.259 e. The second-order valence-corrected chi connectivity index (χ2v) is 10.5. The monoisotopic (exact) mass is 549 g/mol. The van der Waals surface area contributed by atoms with Crippen LogP contribution in [0.2, 0.25) is 0 Å². The number of hydrogen-bond acceptors (Lipinski definition) is 9. The lowest BCUT2D eigenvalue weighted by atomic mass is 10.1. The fourth-order valence-corrected chi connectivity index (χ4v) is 5.37. The van der Waals surface area contributed by atoms with Gasteiger partial charge in [0.25, 0.3) is 5.91 Å². The van der Waals surface area contributed by atoms with E-state index < -0.39 is 6.04 Å². The number of rotatable bonds is 9. The smallest absolute Gasteiger partial charge is 0.259 e. The van der Waals surface area contributed by atoms with Gasteiger partial charge in [-0.05, 0) is 49.6 Å². The summed E-state index contributed by atoms with van der Waals surface area (Å²) in [6.45, 7) is 2.42. The van der Waals surface area contributed by atoms with E-state index >= 15 is 0 Å². The normalized spacial score (nSPS) is 21.5. The van der Waals surface area contributed by atoms with Crippen molar-refractivity contribution in [2.24, 2.45) is 9.98 Å². The SMILES string of the molecule is COc1ccc(CNC(=O)CCC2N=C3c4ccccc4N=C(SCC(=O)NC4CC(C)NN4)N3C2=O)cc1. The molecule has 11 nitrogen and oxygen atoms in total. The molecule has 3 aliphatic heterocycles. The molecule has 3 amide bonds. The van der Waals surface area contributed by atoms with E-state index in [0.29, 0.717) is 23.2 Å². The van der Waals surface area contributed by atoms with Gasteiger partial charge < -0.3 is 15.4 Å². The van der Waals surface area contributed by atoms with E-state index in [0.717, 1.165) is 23.3 Å². The molecule has 204 valence electrons. The standard InChI is InChI=1S/C27H31N7O4S/c1-16-13-22(33-32-16)31-24(36)15-39-27-30-20-6-4-3-5-19(20)25-29-21(26(37)34(25)27)11-12-23(35)28-14-17-7-9-18(38-2)10-8-17/h3-10,16,21-22,32-33H,11-15H2,1-2H3,(H,28,35)(H,31,36). The molecule has 4 N–H and O–H groups in total. The van der Waals surface area contributed by atoms with Crippen LogP contribution in [0.1, 0.15) is 37.3 Å². The summed E-state index contributed by atoms with van der Waals surface area (Å²) in [4.78, 5) is 49.4. The molecule has 2 aromatic rings. The Kier molecular flexibility index (Phi) is 8.24. The molecule has 1 fully saturated rings. The number of carbonyl (C=O) groups excluding carboxylic acids is 3. The molecule has 3 atom stereocenters. The van der Waals surface area contributed by atoms with Crippen molar-refractivity contribution >= 4 is 46.2 Å². The summed E-state index contributed by atoms with van der Waals surface area (Å²) in [5.41, 5.74) is 8.51. The summed E-state index contributed by atoms with van der Waals surface area (Å²) in [6, 6.07) is 14.5. The number of hydrogen-bond donors (Lipinski definition) is 4. The molecule has 3 unspecified atom stereocenters. The van der Waals surface area contributed by atoms with Gasteiger partial charge in [-0.3, -0.25) is 24.8 Å². The van der Waals surface area contributed by atoms with E-state index in [9.17, 15) is 14.4 Å². The minimum atomic E-state index is -0.701.